The van der Waals surface area contributed by atoms with Crippen LogP contribution in [0.2, 0.25) is 0 Å². The van der Waals surface area contributed by atoms with Gasteiger partial charge in [-0.1, -0.05) is 113 Å². The summed E-state index contributed by atoms with van der Waals surface area (Å²) >= 11 is 0. The number of phenolic OH excluding ortho intramolecular Hbond substituents is 1. The summed E-state index contributed by atoms with van der Waals surface area (Å²) < 4.78 is 0. The minimum absolute atomic E-state index is 0.0766. The van der Waals surface area contributed by atoms with Gasteiger partial charge in [0.2, 0.25) is 0 Å². The average Bonchev–Trinajstić information content (AvgIpc) is 2.52. The zero-order chi connectivity index (χ0) is 23.3. The van der Waals surface area contributed by atoms with E-state index < -0.39 is 0 Å². The Bertz CT molecular complexity index is 836. The molecular weight excluding hydrogens is 364 g/mol. The van der Waals surface area contributed by atoms with E-state index in [1.807, 2.05) is 0 Å². The van der Waals surface area contributed by atoms with Gasteiger partial charge in [0.1, 0.15) is 5.75 Å². The zero-order valence-electron chi connectivity index (χ0n) is 21.5. The van der Waals surface area contributed by atoms with Crippen molar-refractivity contribution in [3.05, 3.63) is 63.7 Å². The number of phenols is 1. The van der Waals surface area contributed by atoms with Gasteiger partial charge in [-0.15, -0.1) is 0 Å². The molecule has 2 aromatic carbocycles. The molecule has 0 radical (unpaired) electrons. The Hall–Kier alpha value is -1.76. The fourth-order valence-corrected chi connectivity index (χ4v) is 4.33. The Morgan fingerprint density at radius 1 is 0.567 bits per heavy atom. The summed E-state index contributed by atoms with van der Waals surface area (Å²) in [5, 5.41) is 11.1. The maximum absolute atomic E-state index is 11.1. The maximum atomic E-state index is 11.1. The van der Waals surface area contributed by atoms with E-state index in [1.165, 1.54) is 22.3 Å². The predicted octanol–water partition coefficient (Wildman–Crippen LogP) is 8.17. The lowest BCUT2D eigenvalue weighted by atomic mass is 9.73. The second-order valence-corrected chi connectivity index (χ2v) is 13.0. The quantitative estimate of drug-likeness (QED) is 0.531. The molecule has 30 heavy (non-hydrogen) atoms. The molecule has 166 valence electrons. The Labute approximate surface area is 185 Å². The van der Waals surface area contributed by atoms with Crippen LogP contribution in [0.1, 0.15) is 116 Å². The fourth-order valence-electron chi connectivity index (χ4n) is 4.33. The van der Waals surface area contributed by atoms with E-state index in [1.54, 1.807) is 0 Å². The third-order valence-corrected chi connectivity index (χ3v) is 5.96. The highest BCUT2D eigenvalue weighted by molar-refractivity contribution is 5.52. The molecule has 1 N–H and O–H groups in total. The van der Waals surface area contributed by atoms with Crippen LogP contribution in [0.4, 0.5) is 0 Å². The molecule has 2 rings (SSSR count). The number of benzene rings is 2. The van der Waals surface area contributed by atoms with Crippen molar-refractivity contribution in [2.45, 2.75) is 111 Å². The van der Waals surface area contributed by atoms with Crippen molar-refractivity contribution in [3.8, 4) is 5.75 Å². The minimum Gasteiger partial charge on any atom is -0.507 e. The van der Waals surface area contributed by atoms with Crippen molar-refractivity contribution in [2.75, 3.05) is 0 Å². The molecule has 0 aliphatic heterocycles. The van der Waals surface area contributed by atoms with Crippen LogP contribution in [0.25, 0.3) is 0 Å². The third kappa shape index (κ3) is 5.29. The van der Waals surface area contributed by atoms with Crippen LogP contribution in [0.3, 0.4) is 0 Å². The first kappa shape index (κ1) is 24.5. The Kier molecular flexibility index (Phi) is 6.32. The van der Waals surface area contributed by atoms with E-state index in [0.29, 0.717) is 5.75 Å². The van der Waals surface area contributed by atoms with Crippen LogP contribution in [-0.4, -0.2) is 5.11 Å². The molecule has 0 unspecified atom stereocenters. The standard InChI is InChI=1S/C29H44O/c1-26(2,3)21-14-13-15-22(27(4,5)6)20(21)16-19-17-23(28(7,8)9)25(30)24(18-19)29(10,11)12/h13-15,17-18,30H,16H2,1-12H3. The van der Waals surface area contributed by atoms with Gasteiger partial charge in [-0.3, -0.25) is 0 Å². The molecule has 0 bridgehead atoms. The maximum Gasteiger partial charge on any atom is 0.123 e. The van der Waals surface area contributed by atoms with Crippen molar-refractivity contribution < 1.29 is 5.11 Å². The van der Waals surface area contributed by atoms with E-state index in [4.69, 9.17) is 0 Å². The lowest BCUT2D eigenvalue weighted by molar-refractivity contribution is 0.422. The molecule has 0 atom stereocenters. The van der Waals surface area contributed by atoms with Crippen molar-refractivity contribution in [3.63, 3.8) is 0 Å². The predicted molar refractivity (Wildman–Crippen MR) is 132 cm³/mol. The monoisotopic (exact) mass is 408 g/mol. The van der Waals surface area contributed by atoms with Crippen molar-refractivity contribution in [1.29, 1.82) is 0 Å². The van der Waals surface area contributed by atoms with Gasteiger partial charge < -0.3 is 5.11 Å². The normalized spacial score (nSPS) is 13.6. The molecule has 0 saturated carbocycles. The first-order valence-corrected chi connectivity index (χ1v) is 11.3. The van der Waals surface area contributed by atoms with Crippen LogP contribution in [0, 0.1) is 0 Å². The third-order valence-electron chi connectivity index (χ3n) is 5.96. The Morgan fingerprint density at radius 3 is 1.20 bits per heavy atom. The van der Waals surface area contributed by atoms with Gasteiger partial charge in [0.05, 0.1) is 0 Å². The number of hydrogen-bond acceptors (Lipinski definition) is 1. The van der Waals surface area contributed by atoms with Gasteiger partial charge in [0.15, 0.2) is 0 Å². The van der Waals surface area contributed by atoms with Crippen LogP contribution < -0.4 is 0 Å². The first-order chi connectivity index (χ1) is 13.3. The summed E-state index contributed by atoms with van der Waals surface area (Å²) in [5.74, 6) is 0.457. The largest absolute Gasteiger partial charge is 0.507 e. The molecule has 0 saturated heterocycles. The summed E-state index contributed by atoms with van der Waals surface area (Å²) in [6.45, 7) is 26.9. The average molecular weight is 409 g/mol. The van der Waals surface area contributed by atoms with Crippen LogP contribution in [-0.2, 0) is 28.1 Å². The topological polar surface area (TPSA) is 20.2 Å². The Morgan fingerprint density at radius 2 is 0.900 bits per heavy atom. The second kappa shape index (κ2) is 7.74. The highest BCUT2D eigenvalue weighted by Gasteiger charge is 2.29. The highest BCUT2D eigenvalue weighted by Crippen LogP contribution is 2.41. The summed E-state index contributed by atoms with van der Waals surface area (Å²) in [5.41, 5.74) is 7.54. The van der Waals surface area contributed by atoms with E-state index in [0.717, 1.165) is 17.5 Å². The number of aromatic hydroxyl groups is 1. The summed E-state index contributed by atoms with van der Waals surface area (Å²) in [4.78, 5) is 0. The SMILES string of the molecule is CC(C)(C)c1cc(Cc2c(C(C)(C)C)cccc2C(C)(C)C)cc(C(C)(C)C)c1O. The molecule has 0 spiro atoms. The van der Waals surface area contributed by atoms with E-state index in [9.17, 15) is 5.11 Å². The van der Waals surface area contributed by atoms with E-state index in [-0.39, 0.29) is 21.7 Å². The molecule has 0 aromatic heterocycles. The molecule has 0 amide bonds. The second-order valence-electron chi connectivity index (χ2n) is 13.0. The van der Waals surface area contributed by atoms with Crippen LogP contribution in [0.15, 0.2) is 30.3 Å². The fraction of sp³-hybridized carbons (Fsp3) is 0.586. The van der Waals surface area contributed by atoms with Gasteiger partial charge >= 0.3 is 0 Å². The zero-order valence-corrected chi connectivity index (χ0v) is 21.5. The van der Waals surface area contributed by atoms with Gasteiger partial charge in [-0.2, -0.15) is 0 Å². The van der Waals surface area contributed by atoms with E-state index >= 15 is 0 Å². The van der Waals surface area contributed by atoms with Crippen molar-refractivity contribution >= 4 is 0 Å². The highest BCUT2D eigenvalue weighted by atomic mass is 16.3. The summed E-state index contributed by atoms with van der Waals surface area (Å²) in [7, 11) is 0. The molecule has 0 fully saturated rings. The smallest absolute Gasteiger partial charge is 0.123 e. The molecule has 0 aliphatic carbocycles. The molecule has 1 heteroatoms. The molecule has 0 heterocycles. The molecule has 0 aliphatic rings. The molecule has 2 aromatic rings. The van der Waals surface area contributed by atoms with E-state index in [2.05, 4.69) is 113 Å². The van der Waals surface area contributed by atoms with Crippen LogP contribution in [0.5, 0.6) is 5.75 Å². The Balaban J connectivity index is 2.80. The minimum atomic E-state index is -0.115. The van der Waals surface area contributed by atoms with Crippen LogP contribution >= 0.6 is 0 Å². The van der Waals surface area contributed by atoms with Gasteiger partial charge in [0.25, 0.3) is 0 Å². The molecular formula is C29H44O. The van der Waals surface area contributed by atoms with Gasteiger partial charge in [-0.05, 0) is 61.5 Å². The molecule has 1 nitrogen and oxygen atoms in total. The number of rotatable bonds is 2. The van der Waals surface area contributed by atoms with Gasteiger partial charge in [0, 0.05) is 0 Å². The summed E-state index contributed by atoms with van der Waals surface area (Å²) in [6.07, 6.45) is 0.881. The summed E-state index contributed by atoms with van der Waals surface area (Å²) in [6, 6.07) is 11.3. The first-order valence-electron chi connectivity index (χ1n) is 11.3. The van der Waals surface area contributed by atoms with Gasteiger partial charge in [-0.25, -0.2) is 0 Å². The van der Waals surface area contributed by atoms with Crippen molar-refractivity contribution in [1.82, 2.24) is 0 Å². The lowest BCUT2D eigenvalue weighted by Crippen LogP contribution is -2.22. The van der Waals surface area contributed by atoms with Crippen molar-refractivity contribution in [2.24, 2.45) is 0 Å². The lowest BCUT2D eigenvalue weighted by Gasteiger charge is -2.31. The number of hydrogen-bond donors (Lipinski definition) is 1.